The highest BCUT2D eigenvalue weighted by atomic mass is 32.2. The second-order valence-corrected chi connectivity index (χ2v) is 8.36. The van der Waals surface area contributed by atoms with Crippen molar-refractivity contribution in [2.45, 2.75) is 33.1 Å². The van der Waals surface area contributed by atoms with Gasteiger partial charge in [-0.15, -0.1) is 0 Å². The van der Waals surface area contributed by atoms with E-state index in [1.54, 1.807) is 11.1 Å². The number of hydrogen-bond acceptors (Lipinski definition) is 5. The van der Waals surface area contributed by atoms with Gasteiger partial charge in [-0.2, -0.15) is 0 Å². The van der Waals surface area contributed by atoms with Crippen LogP contribution in [0.25, 0.3) is 10.9 Å². The van der Waals surface area contributed by atoms with Crippen LogP contribution in [0.5, 0.6) is 11.5 Å². The van der Waals surface area contributed by atoms with Crippen molar-refractivity contribution >= 4 is 33.5 Å². The normalized spacial score (nSPS) is 14.1. The first-order valence-corrected chi connectivity index (χ1v) is 11.6. The van der Waals surface area contributed by atoms with Crippen molar-refractivity contribution in [3.8, 4) is 11.5 Å². The molecule has 1 aliphatic rings. The molecular formula is C23H25N3O4S. The molecule has 0 radical (unpaired) electrons. The molecule has 0 saturated carbocycles. The van der Waals surface area contributed by atoms with Crippen LogP contribution in [0.1, 0.15) is 40.9 Å². The van der Waals surface area contributed by atoms with Crippen LogP contribution in [0.2, 0.25) is 0 Å². The van der Waals surface area contributed by atoms with Crippen molar-refractivity contribution in [1.82, 2.24) is 4.98 Å². The molecule has 8 heteroatoms. The Kier molecular flexibility index (Phi) is 5.93. The molecule has 31 heavy (non-hydrogen) atoms. The third kappa shape index (κ3) is 3.77. The smallest absolute Gasteiger partial charge is 0.262 e. The molecule has 0 saturated heterocycles. The van der Waals surface area contributed by atoms with E-state index < -0.39 is 11.0 Å². The number of anilines is 1. The lowest BCUT2D eigenvalue weighted by atomic mass is 10.0. The topological polar surface area (TPSA) is 94.8 Å². The summed E-state index contributed by atoms with van der Waals surface area (Å²) in [5.41, 5.74) is 4.49. The van der Waals surface area contributed by atoms with E-state index in [-0.39, 0.29) is 11.7 Å². The van der Waals surface area contributed by atoms with Gasteiger partial charge in [-0.1, -0.05) is 12.1 Å². The number of pyridine rings is 1. The zero-order chi connectivity index (χ0) is 22.1. The van der Waals surface area contributed by atoms with Gasteiger partial charge in [0.2, 0.25) is 0 Å². The first-order chi connectivity index (χ1) is 15.0. The van der Waals surface area contributed by atoms with Crippen LogP contribution in [0.4, 0.5) is 5.69 Å². The first kappa shape index (κ1) is 21.3. The average molecular weight is 440 g/mol. The molecule has 2 aromatic carbocycles. The Hall–Kier alpha value is -2.97. The van der Waals surface area contributed by atoms with E-state index in [1.165, 1.54) is 0 Å². The molecule has 0 bridgehead atoms. The number of aromatic nitrogens is 1. The zero-order valence-corrected chi connectivity index (χ0v) is 18.6. The van der Waals surface area contributed by atoms with Crippen LogP contribution < -0.4 is 19.5 Å². The highest BCUT2D eigenvalue weighted by molar-refractivity contribution is 7.81. The van der Waals surface area contributed by atoms with Crippen LogP contribution in [0.15, 0.2) is 36.5 Å². The van der Waals surface area contributed by atoms with Gasteiger partial charge in [-0.25, -0.2) is 4.21 Å². The summed E-state index contributed by atoms with van der Waals surface area (Å²) >= 11 is 0. The predicted molar refractivity (Wildman–Crippen MR) is 122 cm³/mol. The lowest BCUT2D eigenvalue weighted by molar-refractivity contribution is 0.0993. The molecule has 1 amide bonds. The number of nitrogens with two attached hydrogens (primary N) is 1. The molecule has 1 aliphatic heterocycles. The molecular weight excluding hydrogens is 414 g/mol. The number of rotatable bonds is 7. The zero-order valence-electron chi connectivity index (χ0n) is 17.8. The summed E-state index contributed by atoms with van der Waals surface area (Å²) in [6.07, 6.45) is 1.69. The van der Waals surface area contributed by atoms with Crippen molar-refractivity contribution in [2.75, 3.05) is 18.1 Å². The second-order valence-electron chi connectivity index (χ2n) is 7.31. The van der Waals surface area contributed by atoms with Gasteiger partial charge >= 0.3 is 0 Å². The summed E-state index contributed by atoms with van der Waals surface area (Å²) < 4.78 is 23.3. The average Bonchev–Trinajstić information content (AvgIpc) is 3.07. The summed E-state index contributed by atoms with van der Waals surface area (Å²) in [4.78, 5) is 19.8. The van der Waals surface area contributed by atoms with Crippen molar-refractivity contribution in [3.05, 3.63) is 58.8 Å². The minimum Gasteiger partial charge on any atom is -0.493 e. The number of amides is 1. The van der Waals surface area contributed by atoms with Crippen molar-refractivity contribution < 1.29 is 18.5 Å². The molecule has 0 spiro atoms. The van der Waals surface area contributed by atoms with E-state index >= 15 is 0 Å². The van der Waals surface area contributed by atoms with E-state index in [1.807, 2.05) is 51.1 Å². The third-order valence-electron chi connectivity index (χ3n) is 5.28. The Balaban J connectivity index is 1.86. The highest BCUT2D eigenvalue weighted by Crippen LogP contribution is 2.45. The van der Waals surface area contributed by atoms with Crippen molar-refractivity contribution in [1.29, 1.82) is 0 Å². The lowest BCUT2D eigenvalue weighted by Crippen LogP contribution is -2.24. The number of ether oxygens (including phenoxy) is 2. The third-order valence-corrected chi connectivity index (χ3v) is 5.90. The Labute approximate surface area is 183 Å². The van der Waals surface area contributed by atoms with E-state index in [4.69, 9.17) is 14.6 Å². The van der Waals surface area contributed by atoms with Crippen LogP contribution in [-0.4, -0.2) is 28.3 Å². The summed E-state index contributed by atoms with van der Waals surface area (Å²) in [5, 5.41) is 6.26. The SMILES string of the molecule is CCOc1c2c(c(OCC)c3ncccc13)C(=O)N(c1ccc(CS(N)=O)cc1C)C2. The fourth-order valence-electron chi connectivity index (χ4n) is 4.11. The summed E-state index contributed by atoms with van der Waals surface area (Å²) in [6.45, 7) is 7.01. The van der Waals surface area contributed by atoms with Crippen LogP contribution in [0, 0.1) is 6.92 Å². The van der Waals surface area contributed by atoms with Crippen molar-refractivity contribution in [2.24, 2.45) is 5.14 Å². The van der Waals surface area contributed by atoms with E-state index in [9.17, 15) is 9.00 Å². The van der Waals surface area contributed by atoms with Gasteiger partial charge in [0.05, 0.1) is 42.1 Å². The number of nitrogens with zero attached hydrogens (tertiary/aromatic N) is 2. The number of fused-ring (bicyclic) bond motifs is 2. The van der Waals surface area contributed by atoms with Crippen LogP contribution >= 0.6 is 0 Å². The molecule has 0 aliphatic carbocycles. The molecule has 1 unspecified atom stereocenters. The summed E-state index contributed by atoms with van der Waals surface area (Å²) in [6, 6.07) is 9.44. The Bertz CT molecular complexity index is 1200. The lowest BCUT2D eigenvalue weighted by Gasteiger charge is -2.19. The van der Waals surface area contributed by atoms with Gasteiger partial charge in [0.25, 0.3) is 5.91 Å². The first-order valence-electron chi connectivity index (χ1n) is 10.2. The molecule has 2 heterocycles. The number of hydrogen-bond donors (Lipinski definition) is 1. The van der Waals surface area contributed by atoms with Crippen LogP contribution in [0.3, 0.4) is 0 Å². The Morgan fingerprint density at radius 3 is 2.58 bits per heavy atom. The molecule has 0 fully saturated rings. The van der Waals surface area contributed by atoms with Crippen molar-refractivity contribution in [3.63, 3.8) is 0 Å². The van der Waals surface area contributed by atoms with Gasteiger partial charge in [0.15, 0.2) is 5.75 Å². The highest BCUT2D eigenvalue weighted by Gasteiger charge is 2.37. The van der Waals surface area contributed by atoms with Crippen LogP contribution in [-0.2, 0) is 23.3 Å². The minimum atomic E-state index is -1.42. The van der Waals surface area contributed by atoms with Gasteiger partial charge in [0.1, 0.15) is 11.3 Å². The fraction of sp³-hybridized carbons (Fsp3) is 0.304. The van der Waals surface area contributed by atoms with Gasteiger partial charge < -0.3 is 14.4 Å². The van der Waals surface area contributed by atoms with Gasteiger partial charge in [-0.05, 0) is 50.1 Å². The number of carbonyl (C=O) groups excluding carboxylic acids is 1. The number of carbonyl (C=O) groups is 1. The van der Waals surface area contributed by atoms with Gasteiger partial charge in [-0.3, -0.25) is 14.9 Å². The molecule has 2 N–H and O–H groups in total. The molecule has 4 rings (SSSR count). The standard InChI is InChI=1S/C23H25N3O4S/c1-4-29-21-16-7-6-10-25-20(16)22(30-5-2)19-17(21)12-26(23(19)27)18-9-8-15(11-14(18)3)13-31(24)28/h6-11H,4-5,12-13,24H2,1-3H3. The van der Waals surface area contributed by atoms with Gasteiger partial charge in [0, 0.05) is 22.8 Å². The molecule has 7 nitrogen and oxygen atoms in total. The van der Waals surface area contributed by atoms with E-state index in [2.05, 4.69) is 4.98 Å². The molecule has 162 valence electrons. The molecule has 1 aromatic heterocycles. The summed E-state index contributed by atoms with van der Waals surface area (Å²) in [7, 11) is -1.42. The minimum absolute atomic E-state index is 0.148. The largest absolute Gasteiger partial charge is 0.493 e. The Morgan fingerprint density at radius 2 is 1.90 bits per heavy atom. The maximum absolute atomic E-state index is 13.6. The van der Waals surface area contributed by atoms with E-state index in [0.717, 1.165) is 27.8 Å². The number of benzene rings is 2. The maximum atomic E-state index is 13.6. The number of aryl methyl sites for hydroxylation is 1. The monoisotopic (exact) mass is 439 g/mol. The quantitative estimate of drug-likeness (QED) is 0.607. The Morgan fingerprint density at radius 1 is 1.16 bits per heavy atom. The molecule has 1 atom stereocenters. The fourth-order valence-corrected chi connectivity index (χ4v) is 4.61. The summed E-state index contributed by atoms with van der Waals surface area (Å²) in [5.74, 6) is 1.30. The maximum Gasteiger partial charge on any atom is 0.262 e. The molecule has 3 aromatic rings. The van der Waals surface area contributed by atoms with E-state index in [0.29, 0.717) is 42.3 Å². The second kappa shape index (κ2) is 8.64. The predicted octanol–water partition coefficient (Wildman–Crippen LogP) is 3.62.